The summed E-state index contributed by atoms with van der Waals surface area (Å²) in [5.74, 6) is 0. The zero-order valence-corrected chi connectivity index (χ0v) is 9.49. The highest BCUT2D eigenvalue weighted by Crippen LogP contribution is 2.29. The summed E-state index contributed by atoms with van der Waals surface area (Å²) in [7, 11) is 0. The van der Waals surface area contributed by atoms with E-state index >= 15 is 0 Å². The first-order valence-corrected chi connectivity index (χ1v) is 4.97. The Morgan fingerprint density at radius 1 is 1.18 bits per heavy atom. The Bertz CT molecular complexity index is 428. The van der Waals surface area contributed by atoms with Crippen LogP contribution in [0.2, 0.25) is 0 Å². The molecule has 0 amide bonds. The van der Waals surface area contributed by atoms with Crippen LogP contribution in [0.4, 0.5) is 13.2 Å². The Morgan fingerprint density at radius 3 is 2.12 bits per heavy atom. The molecule has 3 nitrogen and oxygen atoms in total. The number of halogens is 3. The van der Waals surface area contributed by atoms with Crippen molar-refractivity contribution in [3.8, 4) is 0 Å². The fourth-order valence-electron chi connectivity index (χ4n) is 1.47. The van der Waals surface area contributed by atoms with Gasteiger partial charge in [0.15, 0.2) is 0 Å². The number of hydrogen-bond acceptors (Lipinski definition) is 1. The van der Waals surface area contributed by atoms with Crippen LogP contribution in [0.25, 0.3) is 10.4 Å². The van der Waals surface area contributed by atoms with Crippen molar-refractivity contribution < 1.29 is 13.2 Å². The SMILES string of the molecule is CC(C)(Cc1ccc(C(F)(F)F)cc1)N=[N+]=[N-]. The van der Waals surface area contributed by atoms with Gasteiger partial charge in [-0.05, 0) is 29.6 Å². The van der Waals surface area contributed by atoms with Gasteiger partial charge < -0.3 is 0 Å². The van der Waals surface area contributed by atoms with E-state index in [9.17, 15) is 13.2 Å². The molecule has 17 heavy (non-hydrogen) atoms. The van der Waals surface area contributed by atoms with Gasteiger partial charge in [0.1, 0.15) is 0 Å². The monoisotopic (exact) mass is 243 g/mol. The van der Waals surface area contributed by atoms with E-state index in [1.165, 1.54) is 12.1 Å². The molecule has 0 aliphatic carbocycles. The Labute approximate surface area is 96.9 Å². The molecule has 0 fully saturated rings. The molecule has 0 heterocycles. The maximum Gasteiger partial charge on any atom is 0.416 e. The summed E-state index contributed by atoms with van der Waals surface area (Å²) in [6.07, 6.45) is -3.92. The second-order valence-corrected chi connectivity index (χ2v) is 4.37. The maximum absolute atomic E-state index is 12.3. The van der Waals surface area contributed by atoms with E-state index in [2.05, 4.69) is 10.0 Å². The first kappa shape index (κ1) is 13.4. The van der Waals surface area contributed by atoms with Gasteiger partial charge in [-0.2, -0.15) is 13.2 Å². The van der Waals surface area contributed by atoms with Crippen molar-refractivity contribution in [1.29, 1.82) is 0 Å². The van der Waals surface area contributed by atoms with Crippen molar-refractivity contribution in [1.82, 2.24) is 0 Å². The van der Waals surface area contributed by atoms with Gasteiger partial charge in [0.2, 0.25) is 0 Å². The smallest absolute Gasteiger partial charge is 0.166 e. The van der Waals surface area contributed by atoms with E-state index in [-0.39, 0.29) is 0 Å². The Morgan fingerprint density at radius 2 is 1.71 bits per heavy atom. The minimum absolute atomic E-state index is 0.398. The summed E-state index contributed by atoms with van der Waals surface area (Å²) < 4.78 is 36.9. The van der Waals surface area contributed by atoms with Crippen LogP contribution in [0.5, 0.6) is 0 Å². The first-order valence-electron chi connectivity index (χ1n) is 4.97. The molecule has 0 unspecified atom stereocenters. The summed E-state index contributed by atoms with van der Waals surface area (Å²) in [5, 5.41) is 3.58. The van der Waals surface area contributed by atoms with Gasteiger partial charge in [-0.25, -0.2) is 0 Å². The summed E-state index contributed by atoms with van der Waals surface area (Å²) in [6.45, 7) is 3.45. The van der Waals surface area contributed by atoms with E-state index in [0.29, 0.717) is 12.0 Å². The maximum atomic E-state index is 12.3. The van der Waals surface area contributed by atoms with Crippen molar-refractivity contribution in [2.45, 2.75) is 32.0 Å². The number of nitrogens with zero attached hydrogens (tertiary/aromatic N) is 3. The van der Waals surface area contributed by atoms with Gasteiger partial charge >= 0.3 is 6.18 Å². The van der Waals surface area contributed by atoms with Crippen LogP contribution < -0.4 is 0 Å². The second-order valence-electron chi connectivity index (χ2n) is 4.37. The molecule has 0 aliphatic rings. The van der Waals surface area contributed by atoms with Gasteiger partial charge in [-0.15, -0.1) is 0 Å². The first-order chi connectivity index (χ1) is 7.74. The topological polar surface area (TPSA) is 48.8 Å². The number of azide groups is 1. The molecular weight excluding hydrogens is 231 g/mol. The van der Waals surface area contributed by atoms with Crippen LogP contribution in [0.3, 0.4) is 0 Å². The zero-order valence-electron chi connectivity index (χ0n) is 9.49. The number of rotatable bonds is 3. The van der Waals surface area contributed by atoms with E-state index < -0.39 is 17.3 Å². The van der Waals surface area contributed by atoms with Gasteiger partial charge in [-0.1, -0.05) is 31.1 Å². The predicted molar refractivity (Wildman–Crippen MR) is 58.4 cm³/mol. The summed E-state index contributed by atoms with van der Waals surface area (Å²) in [5.41, 5.74) is 7.72. The van der Waals surface area contributed by atoms with E-state index in [4.69, 9.17) is 5.53 Å². The molecule has 92 valence electrons. The summed E-state index contributed by atoms with van der Waals surface area (Å²) in [4.78, 5) is 2.71. The Balaban J connectivity index is 2.86. The molecule has 0 spiro atoms. The highest BCUT2D eigenvalue weighted by Gasteiger charge is 2.30. The molecule has 1 aromatic carbocycles. The lowest BCUT2D eigenvalue weighted by atomic mass is 9.95. The molecular formula is C11H12F3N3. The molecule has 0 aromatic heterocycles. The quantitative estimate of drug-likeness (QED) is 0.431. The molecule has 0 saturated heterocycles. The van der Waals surface area contributed by atoms with Crippen molar-refractivity contribution in [2.24, 2.45) is 5.11 Å². The molecule has 0 aliphatic heterocycles. The minimum atomic E-state index is -4.32. The third kappa shape index (κ3) is 4.00. The molecule has 0 radical (unpaired) electrons. The molecule has 1 aromatic rings. The van der Waals surface area contributed by atoms with Crippen molar-refractivity contribution in [3.63, 3.8) is 0 Å². The molecule has 0 saturated carbocycles. The highest BCUT2D eigenvalue weighted by molar-refractivity contribution is 5.25. The van der Waals surface area contributed by atoms with Crippen LogP contribution in [0.1, 0.15) is 25.0 Å². The average molecular weight is 243 g/mol. The molecule has 1 rings (SSSR count). The van der Waals surface area contributed by atoms with Crippen LogP contribution in [-0.4, -0.2) is 5.54 Å². The number of hydrogen-bond donors (Lipinski definition) is 0. The summed E-state index contributed by atoms with van der Waals surface area (Å²) in [6, 6.07) is 4.86. The number of benzene rings is 1. The Kier molecular flexibility index (Phi) is 3.68. The van der Waals surface area contributed by atoms with Crippen LogP contribution in [0.15, 0.2) is 29.4 Å². The molecule has 0 N–H and O–H groups in total. The van der Waals surface area contributed by atoms with Crippen molar-refractivity contribution >= 4 is 0 Å². The van der Waals surface area contributed by atoms with Crippen LogP contribution in [0, 0.1) is 0 Å². The van der Waals surface area contributed by atoms with Gasteiger partial charge in [-0.3, -0.25) is 0 Å². The highest BCUT2D eigenvalue weighted by atomic mass is 19.4. The number of alkyl halides is 3. The molecule has 0 bridgehead atoms. The van der Waals surface area contributed by atoms with E-state index in [0.717, 1.165) is 12.1 Å². The van der Waals surface area contributed by atoms with Gasteiger partial charge in [0, 0.05) is 10.5 Å². The van der Waals surface area contributed by atoms with Crippen molar-refractivity contribution in [3.05, 3.63) is 45.8 Å². The average Bonchev–Trinajstić information content (AvgIpc) is 2.16. The zero-order chi connectivity index (χ0) is 13.1. The fraction of sp³-hybridized carbons (Fsp3) is 0.455. The largest absolute Gasteiger partial charge is 0.416 e. The molecule has 0 atom stereocenters. The lowest BCUT2D eigenvalue weighted by molar-refractivity contribution is -0.137. The van der Waals surface area contributed by atoms with Crippen molar-refractivity contribution in [2.75, 3.05) is 0 Å². The van der Waals surface area contributed by atoms with E-state index in [1.54, 1.807) is 13.8 Å². The predicted octanol–water partition coefficient (Wildman–Crippen LogP) is 4.34. The normalized spacial score (nSPS) is 12.1. The Hall–Kier alpha value is -1.68. The van der Waals surface area contributed by atoms with Crippen LogP contribution >= 0.6 is 0 Å². The lowest BCUT2D eigenvalue weighted by Crippen LogP contribution is -2.19. The third-order valence-electron chi connectivity index (χ3n) is 2.23. The molecule has 6 heteroatoms. The van der Waals surface area contributed by atoms with Crippen LogP contribution in [-0.2, 0) is 12.6 Å². The standard InChI is InChI=1S/C11H12F3N3/c1-10(2,16-17-15)7-8-3-5-9(6-4-8)11(12,13)14/h3-6H,7H2,1-2H3. The third-order valence-corrected chi connectivity index (χ3v) is 2.23. The van der Waals surface area contributed by atoms with E-state index in [1.807, 2.05) is 0 Å². The summed E-state index contributed by atoms with van der Waals surface area (Å²) >= 11 is 0. The van der Waals surface area contributed by atoms with Gasteiger partial charge in [0.25, 0.3) is 0 Å². The second kappa shape index (κ2) is 4.67. The van der Waals surface area contributed by atoms with Gasteiger partial charge in [0.05, 0.1) is 5.56 Å². The minimum Gasteiger partial charge on any atom is -0.166 e. The lowest BCUT2D eigenvalue weighted by Gasteiger charge is -2.17. The fourth-order valence-corrected chi connectivity index (χ4v) is 1.47.